The van der Waals surface area contributed by atoms with Gasteiger partial charge >= 0.3 is 0 Å². The van der Waals surface area contributed by atoms with E-state index in [-0.39, 0.29) is 0 Å². The van der Waals surface area contributed by atoms with Gasteiger partial charge in [-0.3, -0.25) is 0 Å². The van der Waals surface area contributed by atoms with Gasteiger partial charge in [0.2, 0.25) is 0 Å². The van der Waals surface area contributed by atoms with Crippen LogP contribution in [0.3, 0.4) is 0 Å². The van der Waals surface area contributed by atoms with Gasteiger partial charge in [0, 0.05) is 24.0 Å². The molecule has 2 saturated carbocycles. The van der Waals surface area contributed by atoms with Crippen LogP contribution in [0.1, 0.15) is 44.2 Å². The van der Waals surface area contributed by atoms with E-state index in [2.05, 4.69) is 22.2 Å². The van der Waals surface area contributed by atoms with E-state index in [1.54, 1.807) is 6.33 Å². The summed E-state index contributed by atoms with van der Waals surface area (Å²) in [4.78, 5) is 8.33. The van der Waals surface area contributed by atoms with Crippen LogP contribution in [0.4, 0.5) is 0 Å². The number of nitrogens with one attached hydrogen (secondary N) is 1. The van der Waals surface area contributed by atoms with Crippen molar-refractivity contribution < 1.29 is 0 Å². The monoisotopic (exact) mass is 231 g/mol. The van der Waals surface area contributed by atoms with Crippen LogP contribution in [-0.4, -0.2) is 16.5 Å². The van der Waals surface area contributed by atoms with Crippen LogP contribution in [0.2, 0.25) is 0 Å². The fourth-order valence-corrected chi connectivity index (χ4v) is 3.62. The van der Waals surface area contributed by atoms with Crippen molar-refractivity contribution >= 4 is 0 Å². The molecular weight excluding hydrogens is 210 g/mol. The number of hydrogen-bond acceptors (Lipinski definition) is 3. The molecule has 0 spiro atoms. The lowest BCUT2D eigenvalue weighted by Crippen LogP contribution is -2.25. The number of rotatable bonds is 5. The fraction of sp³-hybridized carbons (Fsp3) is 0.714. The fourth-order valence-electron chi connectivity index (χ4n) is 3.62. The first-order chi connectivity index (χ1) is 8.42. The maximum atomic E-state index is 4.17. The highest BCUT2D eigenvalue weighted by molar-refractivity contribution is 5.18. The first kappa shape index (κ1) is 11.1. The molecule has 92 valence electrons. The Kier molecular flexibility index (Phi) is 3.10. The zero-order valence-electron chi connectivity index (χ0n) is 10.5. The number of hydrogen-bond donors (Lipinski definition) is 1. The van der Waals surface area contributed by atoms with Crippen LogP contribution in [0.5, 0.6) is 0 Å². The van der Waals surface area contributed by atoms with Crippen LogP contribution in [0.15, 0.2) is 18.7 Å². The van der Waals surface area contributed by atoms with Crippen molar-refractivity contribution in [3.63, 3.8) is 0 Å². The Morgan fingerprint density at radius 2 is 2.00 bits per heavy atom. The summed E-state index contributed by atoms with van der Waals surface area (Å²) in [6.45, 7) is 3.31. The summed E-state index contributed by atoms with van der Waals surface area (Å²) in [5, 5.41) is 3.70. The standard InChI is InChI=1S/C14H21N3/c1-2-6-17-14(10-7-15-9-16-8-10)13-11-4-3-5-12(11)13/h7-9,11-14,17H,2-6H2,1H3. The van der Waals surface area contributed by atoms with E-state index in [1.165, 1.54) is 31.2 Å². The van der Waals surface area contributed by atoms with E-state index in [1.807, 2.05) is 12.4 Å². The molecule has 3 atom stereocenters. The summed E-state index contributed by atoms with van der Waals surface area (Å²) >= 11 is 0. The maximum Gasteiger partial charge on any atom is 0.115 e. The van der Waals surface area contributed by atoms with E-state index in [4.69, 9.17) is 0 Å². The first-order valence-electron chi connectivity index (χ1n) is 6.90. The molecule has 3 nitrogen and oxygen atoms in total. The molecule has 0 aliphatic heterocycles. The van der Waals surface area contributed by atoms with Crippen LogP contribution in [-0.2, 0) is 0 Å². The average Bonchev–Trinajstić information content (AvgIpc) is 2.85. The van der Waals surface area contributed by atoms with Gasteiger partial charge in [-0.25, -0.2) is 9.97 Å². The highest BCUT2D eigenvalue weighted by Gasteiger charge is 2.55. The predicted octanol–water partition coefficient (Wildman–Crippen LogP) is 2.56. The van der Waals surface area contributed by atoms with Crippen molar-refractivity contribution in [2.75, 3.05) is 6.54 Å². The van der Waals surface area contributed by atoms with Crippen LogP contribution in [0, 0.1) is 17.8 Å². The molecule has 0 saturated heterocycles. The molecule has 1 N–H and O–H groups in total. The molecular formula is C14H21N3. The largest absolute Gasteiger partial charge is 0.310 e. The lowest BCUT2D eigenvalue weighted by atomic mass is 9.99. The van der Waals surface area contributed by atoms with E-state index in [9.17, 15) is 0 Å². The molecule has 2 aliphatic rings. The smallest absolute Gasteiger partial charge is 0.115 e. The van der Waals surface area contributed by atoms with E-state index in [0.29, 0.717) is 6.04 Å². The van der Waals surface area contributed by atoms with Crippen molar-refractivity contribution in [3.05, 3.63) is 24.3 Å². The molecule has 1 aromatic rings. The Bertz CT molecular complexity index is 355. The zero-order valence-corrected chi connectivity index (χ0v) is 10.5. The second-order valence-corrected chi connectivity index (χ2v) is 5.44. The summed E-state index contributed by atoms with van der Waals surface area (Å²) in [6.07, 6.45) is 11.1. The Morgan fingerprint density at radius 1 is 1.29 bits per heavy atom. The molecule has 1 aromatic heterocycles. The van der Waals surface area contributed by atoms with Gasteiger partial charge in [0.15, 0.2) is 0 Å². The minimum atomic E-state index is 0.492. The quantitative estimate of drug-likeness (QED) is 0.846. The van der Waals surface area contributed by atoms with Crippen molar-refractivity contribution in [1.82, 2.24) is 15.3 Å². The van der Waals surface area contributed by atoms with Crippen LogP contribution < -0.4 is 5.32 Å². The SMILES string of the molecule is CCCNC(c1cncnc1)C1C2CCCC21. The van der Waals surface area contributed by atoms with Gasteiger partial charge in [-0.2, -0.15) is 0 Å². The van der Waals surface area contributed by atoms with Gasteiger partial charge in [0.25, 0.3) is 0 Å². The third-order valence-corrected chi connectivity index (χ3v) is 4.41. The molecule has 3 rings (SSSR count). The molecule has 2 aliphatic carbocycles. The maximum absolute atomic E-state index is 4.17. The van der Waals surface area contributed by atoms with Gasteiger partial charge in [-0.1, -0.05) is 13.3 Å². The third-order valence-electron chi connectivity index (χ3n) is 4.41. The third kappa shape index (κ3) is 2.08. The Balaban J connectivity index is 1.74. The van der Waals surface area contributed by atoms with Crippen molar-refractivity contribution in [1.29, 1.82) is 0 Å². The molecule has 2 fully saturated rings. The molecule has 0 amide bonds. The Hall–Kier alpha value is -0.960. The van der Waals surface area contributed by atoms with Gasteiger partial charge in [0.05, 0.1) is 0 Å². The molecule has 0 radical (unpaired) electrons. The summed E-state index contributed by atoms with van der Waals surface area (Å²) in [7, 11) is 0. The number of fused-ring (bicyclic) bond motifs is 1. The molecule has 3 heteroatoms. The van der Waals surface area contributed by atoms with Gasteiger partial charge in [0.1, 0.15) is 6.33 Å². The molecule has 1 heterocycles. The van der Waals surface area contributed by atoms with Crippen molar-refractivity contribution in [2.45, 2.75) is 38.6 Å². The van der Waals surface area contributed by atoms with E-state index >= 15 is 0 Å². The summed E-state index contributed by atoms with van der Waals surface area (Å²) in [5.74, 6) is 2.80. The lowest BCUT2D eigenvalue weighted by Gasteiger charge is -2.20. The summed E-state index contributed by atoms with van der Waals surface area (Å²) < 4.78 is 0. The highest BCUT2D eigenvalue weighted by Crippen LogP contribution is 2.62. The molecule has 17 heavy (non-hydrogen) atoms. The van der Waals surface area contributed by atoms with Crippen LogP contribution in [0.25, 0.3) is 0 Å². The highest BCUT2D eigenvalue weighted by atomic mass is 15.0. The van der Waals surface area contributed by atoms with Gasteiger partial charge in [-0.05, 0) is 43.6 Å². The van der Waals surface area contributed by atoms with E-state index in [0.717, 1.165) is 24.3 Å². The number of nitrogens with zero attached hydrogens (tertiary/aromatic N) is 2. The van der Waals surface area contributed by atoms with Crippen molar-refractivity contribution in [2.24, 2.45) is 17.8 Å². The van der Waals surface area contributed by atoms with Crippen LogP contribution >= 0.6 is 0 Å². The zero-order chi connectivity index (χ0) is 11.7. The van der Waals surface area contributed by atoms with Gasteiger partial charge in [-0.15, -0.1) is 0 Å². The topological polar surface area (TPSA) is 37.8 Å². The summed E-state index contributed by atoms with van der Waals surface area (Å²) in [6, 6.07) is 0.492. The minimum absolute atomic E-state index is 0.492. The Morgan fingerprint density at radius 3 is 2.65 bits per heavy atom. The van der Waals surface area contributed by atoms with Gasteiger partial charge < -0.3 is 5.32 Å². The minimum Gasteiger partial charge on any atom is -0.310 e. The second-order valence-electron chi connectivity index (χ2n) is 5.44. The van der Waals surface area contributed by atoms with E-state index < -0.39 is 0 Å². The predicted molar refractivity (Wildman–Crippen MR) is 67.4 cm³/mol. The van der Waals surface area contributed by atoms with Crippen molar-refractivity contribution in [3.8, 4) is 0 Å². The molecule has 3 unspecified atom stereocenters. The molecule has 0 bridgehead atoms. The lowest BCUT2D eigenvalue weighted by molar-refractivity contribution is 0.416. The summed E-state index contributed by atoms with van der Waals surface area (Å²) in [5.41, 5.74) is 1.28. The first-order valence-corrected chi connectivity index (χ1v) is 6.90. The molecule has 0 aromatic carbocycles. The Labute approximate surface area is 103 Å². The second kappa shape index (κ2) is 4.73. The number of aromatic nitrogens is 2. The average molecular weight is 231 g/mol. The normalized spacial score (nSPS) is 32.2.